The van der Waals surface area contributed by atoms with E-state index >= 15 is 0 Å². The van der Waals surface area contributed by atoms with E-state index < -0.39 is 12.0 Å². The molecule has 3 N–H and O–H groups in total. The molecule has 1 atom stereocenters. The van der Waals surface area contributed by atoms with Crippen LogP contribution in [-0.2, 0) is 4.79 Å². The maximum atomic E-state index is 11.0. The second-order valence-corrected chi connectivity index (χ2v) is 4.75. The lowest BCUT2D eigenvalue weighted by molar-refractivity contribution is -0.138. The molecule has 0 saturated heterocycles. The van der Waals surface area contributed by atoms with Crippen molar-refractivity contribution in [2.45, 2.75) is 32.7 Å². The van der Waals surface area contributed by atoms with Crippen molar-refractivity contribution < 1.29 is 9.90 Å². The van der Waals surface area contributed by atoms with Crippen LogP contribution in [-0.4, -0.2) is 30.7 Å². The predicted octanol–water partition coefficient (Wildman–Crippen LogP) is 2.20. The Kier molecular flexibility index (Phi) is 5.16. The van der Waals surface area contributed by atoms with Gasteiger partial charge in [0.2, 0.25) is 0 Å². The van der Waals surface area contributed by atoms with Crippen LogP contribution >= 0.6 is 0 Å². The molecule has 0 radical (unpaired) electrons. The van der Waals surface area contributed by atoms with E-state index in [1.54, 1.807) is 7.05 Å². The Morgan fingerprint density at radius 1 is 1.39 bits per heavy atom. The van der Waals surface area contributed by atoms with Gasteiger partial charge in [-0.1, -0.05) is 32.0 Å². The van der Waals surface area contributed by atoms with Crippen LogP contribution in [0.4, 0.5) is 5.69 Å². The zero-order valence-corrected chi connectivity index (χ0v) is 11.4. The average molecular weight is 250 g/mol. The highest BCUT2D eigenvalue weighted by molar-refractivity contribution is 5.74. The summed E-state index contributed by atoms with van der Waals surface area (Å²) < 4.78 is 0. The van der Waals surface area contributed by atoms with Crippen LogP contribution in [0.5, 0.6) is 0 Å². The monoisotopic (exact) mass is 250 g/mol. The first-order chi connectivity index (χ1) is 8.47. The second kappa shape index (κ2) is 6.40. The largest absolute Gasteiger partial charge is 0.480 e. The van der Waals surface area contributed by atoms with Gasteiger partial charge in [0, 0.05) is 12.2 Å². The Bertz CT molecular complexity index is 416. The molecule has 0 fully saturated rings. The summed E-state index contributed by atoms with van der Waals surface area (Å²) in [5.74, 6) is -0.435. The third-order valence-electron chi connectivity index (χ3n) is 3.06. The highest BCUT2D eigenvalue weighted by atomic mass is 16.4. The van der Waals surface area contributed by atoms with E-state index in [0.717, 1.165) is 11.3 Å². The third kappa shape index (κ3) is 3.47. The Morgan fingerprint density at radius 3 is 2.56 bits per heavy atom. The smallest absolute Gasteiger partial charge is 0.322 e. The lowest BCUT2D eigenvalue weighted by Gasteiger charge is -2.19. The van der Waals surface area contributed by atoms with Gasteiger partial charge in [0.25, 0.3) is 0 Å². The summed E-state index contributed by atoms with van der Waals surface area (Å²) in [6.07, 6.45) is 0. The van der Waals surface area contributed by atoms with Gasteiger partial charge in [-0.2, -0.15) is 0 Å². The van der Waals surface area contributed by atoms with E-state index in [-0.39, 0.29) is 0 Å². The lowest BCUT2D eigenvalue weighted by Crippen LogP contribution is -2.40. The van der Waals surface area contributed by atoms with Gasteiger partial charge in [-0.05, 0) is 31.0 Å². The molecular weight excluding hydrogens is 228 g/mol. The van der Waals surface area contributed by atoms with Crippen LogP contribution in [0, 0.1) is 6.92 Å². The van der Waals surface area contributed by atoms with E-state index in [1.165, 1.54) is 5.56 Å². The first kappa shape index (κ1) is 14.5. The zero-order valence-electron chi connectivity index (χ0n) is 11.4. The van der Waals surface area contributed by atoms with E-state index in [9.17, 15) is 4.79 Å². The van der Waals surface area contributed by atoms with Gasteiger partial charge in [-0.25, -0.2) is 0 Å². The van der Waals surface area contributed by atoms with Crippen molar-refractivity contribution in [3.63, 3.8) is 0 Å². The van der Waals surface area contributed by atoms with Gasteiger partial charge in [-0.15, -0.1) is 0 Å². The van der Waals surface area contributed by atoms with Crippen LogP contribution in [0.15, 0.2) is 18.2 Å². The summed E-state index contributed by atoms with van der Waals surface area (Å²) in [4.78, 5) is 11.0. The number of aryl methyl sites for hydroxylation is 1. The molecule has 1 rings (SSSR count). The maximum Gasteiger partial charge on any atom is 0.322 e. The van der Waals surface area contributed by atoms with Crippen molar-refractivity contribution >= 4 is 11.7 Å². The zero-order chi connectivity index (χ0) is 13.7. The fraction of sp³-hybridized carbons (Fsp3) is 0.500. The fourth-order valence-corrected chi connectivity index (χ4v) is 1.93. The van der Waals surface area contributed by atoms with Crippen molar-refractivity contribution in [3.8, 4) is 0 Å². The average Bonchev–Trinajstić information content (AvgIpc) is 2.30. The molecule has 0 amide bonds. The summed E-state index contributed by atoms with van der Waals surface area (Å²) >= 11 is 0. The molecule has 0 bridgehead atoms. The Morgan fingerprint density at radius 2 is 2.06 bits per heavy atom. The minimum absolute atomic E-state index is 0.371. The van der Waals surface area contributed by atoms with Crippen molar-refractivity contribution in [3.05, 3.63) is 29.3 Å². The number of likely N-dealkylation sites (N-methyl/N-ethyl adjacent to an activating group) is 1. The summed E-state index contributed by atoms with van der Waals surface area (Å²) in [5.41, 5.74) is 3.41. The summed E-state index contributed by atoms with van der Waals surface area (Å²) in [6, 6.07) is 5.56. The molecule has 0 heterocycles. The van der Waals surface area contributed by atoms with E-state index in [0.29, 0.717) is 12.5 Å². The molecule has 100 valence electrons. The Hall–Kier alpha value is -1.55. The number of nitrogens with one attached hydrogen (secondary N) is 2. The molecule has 0 aliphatic heterocycles. The SMILES string of the molecule is CNC(CNc1c(C)cccc1C(C)C)C(=O)O. The van der Waals surface area contributed by atoms with E-state index in [4.69, 9.17) is 5.11 Å². The summed E-state index contributed by atoms with van der Waals surface area (Å²) in [5, 5.41) is 15.0. The number of para-hydroxylation sites is 1. The van der Waals surface area contributed by atoms with Gasteiger partial charge in [-0.3, -0.25) is 4.79 Å². The van der Waals surface area contributed by atoms with Gasteiger partial charge < -0.3 is 15.7 Å². The molecular formula is C14H22N2O2. The van der Waals surface area contributed by atoms with Crippen LogP contribution in [0.25, 0.3) is 0 Å². The second-order valence-electron chi connectivity index (χ2n) is 4.75. The fourth-order valence-electron chi connectivity index (χ4n) is 1.93. The summed E-state index contributed by atoms with van der Waals surface area (Å²) in [7, 11) is 1.65. The predicted molar refractivity (Wildman–Crippen MR) is 74.2 cm³/mol. The number of rotatable bonds is 6. The molecule has 0 aliphatic rings. The number of anilines is 1. The van der Waals surface area contributed by atoms with Crippen molar-refractivity contribution in [1.82, 2.24) is 5.32 Å². The molecule has 1 unspecified atom stereocenters. The van der Waals surface area contributed by atoms with Crippen LogP contribution in [0.2, 0.25) is 0 Å². The van der Waals surface area contributed by atoms with Gasteiger partial charge in [0.15, 0.2) is 0 Å². The molecule has 0 aliphatic carbocycles. The topological polar surface area (TPSA) is 61.4 Å². The number of hydrogen-bond donors (Lipinski definition) is 3. The van der Waals surface area contributed by atoms with E-state index in [1.807, 2.05) is 19.1 Å². The molecule has 1 aromatic rings. The molecule has 4 nitrogen and oxygen atoms in total. The van der Waals surface area contributed by atoms with Crippen LogP contribution in [0.3, 0.4) is 0 Å². The molecule has 4 heteroatoms. The molecule has 0 saturated carbocycles. The van der Waals surface area contributed by atoms with Crippen molar-refractivity contribution in [1.29, 1.82) is 0 Å². The lowest BCUT2D eigenvalue weighted by atomic mass is 9.98. The Labute approximate surface area is 108 Å². The van der Waals surface area contributed by atoms with Gasteiger partial charge >= 0.3 is 5.97 Å². The van der Waals surface area contributed by atoms with Gasteiger partial charge in [0.05, 0.1) is 0 Å². The first-order valence-electron chi connectivity index (χ1n) is 6.20. The summed E-state index contributed by atoms with van der Waals surface area (Å²) in [6.45, 7) is 6.67. The number of carboxylic acids is 1. The molecule has 18 heavy (non-hydrogen) atoms. The highest BCUT2D eigenvalue weighted by Crippen LogP contribution is 2.27. The number of aliphatic carboxylic acids is 1. The highest BCUT2D eigenvalue weighted by Gasteiger charge is 2.16. The number of benzene rings is 1. The quantitative estimate of drug-likeness (QED) is 0.724. The minimum atomic E-state index is -0.843. The minimum Gasteiger partial charge on any atom is -0.480 e. The third-order valence-corrected chi connectivity index (χ3v) is 3.06. The van der Waals surface area contributed by atoms with Crippen LogP contribution in [0.1, 0.15) is 30.9 Å². The number of hydrogen-bond acceptors (Lipinski definition) is 3. The van der Waals surface area contributed by atoms with E-state index in [2.05, 4.69) is 30.5 Å². The molecule has 0 spiro atoms. The standard InChI is InChI=1S/C14H22N2O2/c1-9(2)11-7-5-6-10(3)13(11)16-8-12(15-4)14(17)18/h5-7,9,12,15-16H,8H2,1-4H3,(H,17,18). The van der Waals surface area contributed by atoms with Crippen LogP contribution < -0.4 is 10.6 Å². The van der Waals surface area contributed by atoms with Crippen molar-refractivity contribution in [2.24, 2.45) is 0 Å². The first-order valence-corrected chi connectivity index (χ1v) is 6.20. The molecule has 0 aromatic heterocycles. The maximum absolute atomic E-state index is 11.0. The number of carboxylic acid groups (broad SMARTS) is 1. The number of carbonyl (C=O) groups is 1. The normalized spacial score (nSPS) is 12.5. The Balaban J connectivity index is 2.87. The van der Waals surface area contributed by atoms with Crippen molar-refractivity contribution in [2.75, 3.05) is 18.9 Å². The molecule has 1 aromatic carbocycles. The van der Waals surface area contributed by atoms with Gasteiger partial charge in [0.1, 0.15) is 6.04 Å².